The van der Waals surface area contributed by atoms with Crippen molar-refractivity contribution in [1.82, 2.24) is 9.88 Å². The molecule has 1 aromatic heterocycles. The quantitative estimate of drug-likeness (QED) is 0.880. The highest BCUT2D eigenvalue weighted by molar-refractivity contribution is 5.97. The summed E-state index contributed by atoms with van der Waals surface area (Å²) in [6.07, 6.45) is 4.46. The van der Waals surface area contributed by atoms with Crippen molar-refractivity contribution in [3.05, 3.63) is 59.8 Å². The fourth-order valence-electron chi connectivity index (χ4n) is 4.35. The molecule has 0 spiro atoms. The van der Waals surface area contributed by atoms with Gasteiger partial charge in [-0.2, -0.15) is 0 Å². The van der Waals surface area contributed by atoms with Gasteiger partial charge in [0.25, 0.3) is 5.91 Å². The van der Waals surface area contributed by atoms with Crippen molar-refractivity contribution in [1.29, 1.82) is 0 Å². The van der Waals surface area contributed by atoms with Gasteiger partial charge in [-0.1, -0.05) is 36.8 Å². The van der Waals surface area contributed by atoms with E-state index in [0.717, 1.165) is 24.8 Å². The third-order valence-electron chi connectivity index (χ3n) is 5.62. The fraction of sp³-hybridized carbons (Fsp3) is 0.381. The van der Waals surface area contributed by atoms with E-state index in [1.165, 1.54) is 11.1 Å². The van der Waals surface area contributed by atoms with Crippen LogP contribution in [0, 0.1) is 11.8 Å². The third-order valence-corrected chi connectivity index (χ3v) is 5.62. The minimum Gasteiger partial charge on any atom is -0.480 e. The molecule has 6 nitrogen and oxygen atoms in total. The van der Waals surface area contributed by atoms with Gasteiger partial charge in [-0.05, 0) is 36.3 Å². The molecule has 2 aromatic rings. The molecule has 1 saturated carbocycles. The zero-order valence-corrected chi connectivity index (χ0v) is 15.0. The van der Waals surface area contributed by atoms with Gasteiger partial charge in [-0.25, -0.2) is 9.78 Å². The second kappa shape index (κ2) is 7.39. The number of aromatic nitrogens is 1. The highest BCUT2D eigenvalue weighted by Gasteiger charge is 2.49. The van der Waals surface area contributed by atoms with Crippen LogP contribution < -0.4 is 4.74 Å². The van der Waals surface area contributed by atoms with Crippen LogP contribution in [0.4, 0.5) is 0 Å². The Morgan fingerprint density at radius 2 is 2.00 bits per heavy atom. The van der Waals surface area contributed by atoms with Gasteiger partial charge < -0.3 is 14.7 Å². The molecule has 1 aromatic carbocycles. The number of carboxylic acid groups (broad SMARTS) is 1. The average molecular weight is 366 g/mol. The van der Waals surface area contributed by atoms with E-state index in [9.17, 15) is 14.7 Å². The Labute approximate surface area is 157 Å². The molecule has 4 rings (SSSR count). The maximum atomic E-state index is 13.0. The molecule has 3 unspecified atom stereocenters. The number of carbonyl (C=O) groups is 2. The van der Waals surface area contributed by atoms with E-state index in [2.05, 4.69) is 4.98 Å². The maximum absolute atomic E-state index is 13.0. The molecule has 1 aliphatic carbocycles. The predicted molar refractivity (Wildman–Crippen MR) is 98.3 cm³/mol. The summed E-state index contributed by atoms with van der Waals surface area (Å²) < 4.78 is 5.70. The molecule has 6 heteroatoms. The molecular formula is C21H22N2O4. The molecule has 0 bridgehead atoms. The molecule has 2 heterocycles. The van der Waals surface area contributed by atoms with Gasteiger partial charge in [0.1, 0.15) is 12.6 Å². The molecule has 1 N–H and O–H groups in total. The Morgan fingerprint density at radius 3 is 2.78 bits per heavy atom. The summed E-state index contributed by atoms with van der Waals surface area (Å²) in [6.45, 7) is 0.875. The van der Waals surface area contributed by atoms with Crippen molar-refractivity contribution in [2.45, 2.75) is 31.9 Å². The zero-order chi connectivity index (χ0) is 18.8. The minimum absolute atomic E-state index is 0.0714. The minimum atomic E-state index is -0.910. The second-order valence-electron chi connectivity index (χ2n) is 7.25. The molecule has 140 valence electrons. The van der Waals surface area contributed by atoms with E-state index in [-0.39, 0.29) is 11.8 Å². The average Bonchev–Trinajstić information content (AvgIpc) is 3.27. The fourth-order valence-corrected chi connectivity index (χ4v) is 4.35. The van der Waals surface area contributed by atoms with Crippen molar-refractivity contribution < 1.29 is 19.4 Å². The van der Waals surface area contributed by atoms with E-state index in [0.29, 0.717) is 30.5 Å². The highest BCUT2D eigenvalue weighted by Crippen LogP contribution is 2.42. The molecule has 2 aliphatic rings. The zero-order valence-electron chi connectivity index (χ0n) is 15.0. The van der Waals surface area contributed by atoms with Crippen LogP contribution in [0.3, 0.4) is 0 Å². The summed E-state index contributed by atoms with van der Waals surface area (Å²) in [6, 6.07) is 12.2. The smallest absolute Gasteiger partial charge is 0.326 e. The van der Waals surface area contributed by atoms with Gasteiger partial charge in [0.05, 0.1) is 0 Å². The van der Waals surface area contributed by atoms with E-state index in [4.69, 9.17) is 4.74 Å². The monoisotopic (exact) mass is 366 g/mol. The number of carbonyl (C=O) groups excluding carboxylic acids is 1. The number of hydrogen-bond acceptors (Lipinski definition) is 4. The lowest BCUT2D eigenvalue weighted by Crippen LogP contribution is -2.43. The van der Waals surface area contributed by atoms with Crippen molar-refractivity contribution in [2.24, 2.45) is 11.8 Å². The standard InChI is InChI=1S/C21H22N2O4/c24-20(23-12-16-7-4-8-17(16)19(23)21(25)26)15-9-10-22-18(11-15)27-13-14-5-2-1-3-6-14/h1-3,5-6,9-11,16-17,19H,4,7-8,12-13H2,(H,25,26). The van der Waals surface area contributed by atoms with Gasteiger partial charge in [0, 0.05) is 24.4 Å². The number of carboxylic acids is 1. The lowest BCUT2D eigenvalue weighted by atomic mass is 9.94. The second-order valence-corrected chi connectivity index (χ2v) is 7.25. The van der Waals surface area contributed by atoms with Crippen LogP contribution in [-0.2, 0) is 11.4 Å². The van der Waals surface area contributed by atoms with Crippen molar-refractivity contribution in [2.75, 3.05) is 6.54 Å². The Hall–Kier alpha value is -2.89. The summed E-state index contributed by atoms with van der Waals surface area (Å²) in [5.74, 6) is -0.445. The summed E-state index contributed by atoms with van der Waals surface area (Å²) >= 11 is 0. The molecule has 1 saturated heterocycles. The van der Waals surface area contributed by atoms with E-state index < -0.39 is 12.0 Å². The lowest BCUT2D eigenvalue weighted by Gasteiger charge is -2.24. The van der Waals surface area contributed by atoms with Gasteiger partial charge in [-0.3, -0.25) is 4.79 Å². The van der Waals surface area contributed by atoms with Gasteiger partial charge >= 0.3 is 5.97 Å². The molecule has 0 radical (unpaired) electrons. The predicted octanol–water partition coefficient (Wildman–Crippen LogP) is 2.99. The molecule has 27 heavy (non-hydrogen) atoms. The number of rotatable bonds is 5. The normalized spacial score (nSPS) is 23.9. The van der Waals surface area contributed by atoms with Crippen LogP contribution in [-0.4, -0.2) is 39.5 Å². The third kappa shape index (κ3) is 3.52. The number of hydrogen-bond donors (Lipinski definition) is 1. The van der Waals surface area contributed by atoms with Gasteiger partial charge in [0.15, 0.2) is 0 Å². The summed E-state index contributed by atoms with van der Waals surface area (Å²) in [5.41, 5.74) is 1.42. The number of pyridine rings is 1. The number of amides is 1. The van der Waals surface area contributed by atoms with Crippen molar-refractivity contribution in [3.8, 4) is 5.88 Å². The van der Waals surface area contributed by atoms with Crippen LogP contribution in [0.1, 0.15) is 35.2 Å². The number of benzene rings is 1. The van der Waals surface area contributed by atoms with Crippen LogP contribution >= 0.6 is 0 Å². The van der Waals surface area contributed by atoms with Crippen LogP contribution in [0.15, 0.2) is 48.7 Å². The number of nitrogens with zero attached hydrogens (tertiary/aromatic N) is 2. The Balaban J connectivity index is 1.49. The van der Waals surface area contributed by atoms with Crippen LogP contribution in [0.25, 0.3) is 0 Å². The first kappa shape index (κ1) is 17.5. The topological polar surface area (TPSA) is 79.7 Å². The first-order chi connectivity index (χ1) is 13.1. The number of ether oxygens (including phenoxy) is 1. The Morgan fingerprint density at radius 1 is 1.19 bits per heavy atom. The Bertz CT molecular complexity index is 839. The van der Waals surface area contributed by atoms with E-state index in [1.54, 1.807) is 12.1 Å². The highest BCUT2D eigenvalue weighted by atomic mass is 16.5. The van der Waals surface area contributed by atoms with E-state index in [1.807, 2.05) is 30.3 Å². The van der Waals surface area contributed by atoms with Crippen molar-refractivity contribution >= 4 is 11.9 Å². The van der Waals surface area contributed by atoms with Gasteiger partial charge in [0.2, 0.25) is 5.88 Å². The number of likely N-dealkylation sites (tertiary alicyclic amines) is 1. The molecule has 3 atom stereocenters. The van der Waals surface area contributed by atoms with E-state index >= 15 is 0 Å². The van der Waals surface area contributed by atoms with Gasteiger partial charge in [-0.15, -0.1) is 0 Å². The van der Waals surface area contributed by atoms with Crippen LogP contribution in [0.2, 0.25) is 0 Å². The van der Waals surface area contributed by atoms with Crippen molar-refractivity contribution in [3.63, 3.8) is 0 Å². The molecule has 1 amide bonds. The molecule has 1 aliphatic heterocycles. The number of aliphatic carboxylic acids is 1. The largest absolute Gasteiger partial charge is 0.480 e. The summed E-state index contributed by atoms with van der Waals surface area (Å²) in [5, 5.41) is 9.66. The Kier molecular flexibility index (Phi) is 4.79. The summed E-state index contributed by atoms with van der Waals surface area (Å²) in [4.78, 5) is 30.5. The summed E-state index contributed by atoms with van der Waals surface area (Å²) in [7, 11) is 0. The first-order valence-electron chi connectivity index (χ1n) is 9.30. The van der Waals surface area contributed by atoms with Crippen LogP contribution in [0.5, 0.6) is 5.88 Å². The SMILES string of the molecule is O=C(O)C1C2CCCC2CN1C(=O)c1ccnc(OCc2ccccc2)c1. The maximum Gasteiger partial charge on any atom is 0.326 e. The number of fused-ring (bicyclic) bond motifs is 1. The molecular weight excluding hydrogens is 344 g/mol. The molecule has 2 fully saturated rings. The lowest BCUT2D eigenvalue weighted by molar-refractivity contribution is -0.142. The first-order valence-corrected chi connectivity index (χ1v) is 9.30.